The molecule has 0 heterocycles. The van der Waals surface area contributed by atoms with E-state index in [1.807, 2.05) is 0 Å². The highest BCUT2D eigenvalue weighted by Crippen LogP contribution is 2.45. The van der Waals surface area contributed by atoms with E-state index in [4.69, 9.17) is 37.0 Å². The maximum atomic E-state index is 13.1. The summed E-state index contributed by atoms with van der Waals surface area (Å²) in [5.74, 6) is 0.140. The highest BCUT2D eigenvalue weighted by atomic mass is 31.2. The summed E-state index contributed by atoms with van der Waals surface area (Å²) < 4.78 is 68.7. The third kappa shape index (κ3) is 74.3. The van der Waals surface area contributed by atoms with Crippen LogP contribution in [0.15, 0.2) is 0 Å². The molecular formula is C81H158O17P2. The van der Waals surface area contributed by atoms with Crippen molar-refractivity contribution >= 4 is 39.5 Å². The van der Waals surface area contributed by atoms with Gasteiger partial charge in [-0.25, -0.2) is 9.13 Å². The number of aliphatic hydroxyl groups excluding tert-OH is 1. The highest BCUT2D eigenvalue weighted by Gasteiger charge is 2.30. The van der Waals surface area contributed by atoms with E-state index in [0.717, 1.165) is 108 Å². The minimum absolute atomic E-state index is 0.105. The first-order valence-corrected chi connectivity index (χ1v) is 44.8. The number of carbonyl (C=O) groups is 4. The largest absolute Gasteiger partial charge is 0.472 e. The molecule has 0 saturated heterocycles. The van der Waals surface area contributed by atoms with E-state index in [0.29, 0.717) is 25.7 Å². The molecule has 100 heavy (non-hydrogen) atoms. The number of aliphatic hydroxyl groups is 1. The van der Waals surface area contributed by atoms with Crippen LogP contribution in [0.5, 0.6) is 0 Å². The van der Waals surface area contributed by atoms with Gasteiger partial charge in [-0.2, -0.15) is 0 Å². The molecular weight excluding hydrogens is 1310 g/mol. The monoisotopic (exact) mass is 1470 g/mol. The van der Waals surface area contributed by atoms with Crippen molar-refractivity contribution in [3.05, 3.63) is 0 Å². The van der Waals surface area contributed by atoms with Gasteiger partial charge in [0.2, 0.25) is 0 Å². The third-order valence-electron chi connectivity index (χ3n) is 18.9. The Bertz CT molecular complexity index is 1940. The quantitative estimate of drug-likeness (QED) is 0.0222. The predicted molar refractivity (Wildman–Crippen MR) is 409 cm³/mol. The molecule has 0 spiro atoms. The molecule has 0 fully saturated rings. The molecule has 0 aliphatic rings. The van der Waals surface area contributed by atoms with Gasteiger partial charge in [0, 0.05) is 25.7 Å². The van der Waals surface area contributed by atoms with Crippen LogP contribution in [0.25, 0.3) is 0 Å². The summed E-state index contributed by atoms with van der Waals surface area (Å²) in [6.07, 6.45) is 59.8. The summed E-state index contributed by atoms with van der Waals surface area (Å²) >= 11 is 0. The zero-order valence-corrected chi connectivity index (χ0v) is 67.5. The van der Waals surface area contributed by atoms with Crippen LogP contribution in [0.1, 0.15) is 421 Å². The van der Waals surface area contributed by atoms with Gasteiger partial charge < -0.3 is 33.8 Å². The van der Waals surface area contributed by atoms with E-state index in [1.54, 1.807) is 0 Å². The van der Waals surface area contributed by atoms with Crippen LogP contribution in [0.2, 0.25) is 0 Å². The Labute approximate surface area is 613 Å². The molecule has 0 bridgehead atoms. The second-order valence-electron chi connectivity index (χ2n) is 30.6. The molecule has 594 valence electrons. The van der Waals surface area contributed by atoms with Crippen molar-refractivity contribution in [2.75, 3.05) is 39.6 Å². The summed E-state index contributed by atoms with van der Waals surface area (Å²) in [4.78, 5) is 73.0. The average Bonchev–Trinajstić information content (AvgIpc) is 1.40. The Kier molecular flexibility index (Phi) is 69.9. The number of phosphoric ester groups is 2. The summed E-state index contributed by atoms with van der Waals surface area (Å²) in [6.45, 7) is 11.9. The fraction of sp³-hybridized carbons (Fsp3) is 0.951. The van der Waals surface area contributed by atoms with Gasteiger partial charge in [-0.15, -0.1) is 0 Å². The van der Waals surface area contributed by atoms with Crippen LogP contribution < -0.4 is 0 Å². The average molecular weight is 1470 g/mol. The molecule has 17 nitrogen and oxygen atoms in total. The SMILES string of the molecule is CCCCCCCCCCCCCCCCCCCCCCCC(=O)O[C@H](COC(=O)CCCCCCCCCCCCCCCC(C)C)COP(=O)(O)OC[C@@H](O)COP(=O)(O)OC[C@@H](COC(=O)CCCCCCCCCCC(C)C)OC(=O)CCCCCCCCCCCC(C)C. The molecule has 0 aliphatic carbocycles. The van der Waals surface area contributed by atoms with E-state index in [2.05, 4.69) is 48.5 Å². The Balaban J connectivity index is 5.23. The van der Waals surface area contributed by atoms with Crippen molar-refractivity contribution in [2.45, 2.75) is 439 Å². The zero-order valence-electron chi connectivity index (χ0n) is 65.7. The van der Waals surface area contributed by atoms with Crippen molar-refractivity contribution in [3.63, 3.8) is 0 Å². The predicted octanol–water partition coefficient (Wildman–Crippen LogP) is 24.1. The lowest BCUT2D eigenvalue weighted by molar-refractivity contribution is -0.161. The van der Waals surface area contributed by atoms with Gasteiger partial charge in [-0.1, -0.05) is 370 Å². The highest BCUT2D eigenvalue weighted by molar-refractivity contribution is 7.47. The molecule has 19 heteroatoms. The van der Waals surface area contributed by atoms with Gasteiger partial charge in [0.15, 0.2) is 12.2 Å². The minimum atomic E-state index is -4.96. The summed E-state index contributed by atoms with van der Waals surface area (Å²) in [5, 5.41) is 10.6. The van der Waals surface area contributed by atoms with Gasteiger partial charge in [0.1, 0.15) is 19.3 Å². The first-order chi connectivity index (χ1) is 48.2. The van der Waals surface area contributed by atoms with E-state index in [1.165, 1.54) is 231 Å². The fourth-order valence-electron chi connectivity index (χ4n) is 12.5. The maximum Gasteiger partial charge on any atom is 0.472 e. The van der Waals surface area contributed by atoms with E-state index in [9.17, 15) is 43.2 Å². The Hall–Kier alpha value is -1.94. The minimum Gasteiger partial charge on any atom is -0.462 e. The molecule has 0 aromatic carbocycles. The molecule has 3 N–H and O–H groups in total. The fourth-order valence-corrected chi connectivity index (χ4v) is 14.1. The second-order valence-corrected chi connectivity index (χ2v) is 33.5. The van der Waals surface area contributed by atoms with Crippen LogP contribution in [0, 0.1) is 17.8 Å². The number of rotatable bonds is 79. The van der Waals surface area contributed by atoms with Gasteiger partial charge in [-0.3, -0.25) is 37.3 Å². The Morgan fingerprint density at radius 3 is 0.680 bits per heavy atom. The van der Waals surface area contributed by atoms with Gasteiger partial charge in [0.25, 0.3) is 0 Å². The van der Waals surface area contributed by atoms with Gasteiger partial charge >= 0.3 is 39.5 Å². The topological polar surface area (TPSA) is 237 Å². The van der Waals surface area contributed by atoms with Gasteiger partial charge in [0.05, 0.1) is 26.4 Å². The summed E-state index contributed by atoms with van der Waals surface area (Å²) in [6, 6.07) is 0. The van der Waals surface area contributed by atoms with Crippen LogP contribution in [0.3, 0.4) is 0 Å². The summed E-state index contributed by atoms with van der Waals surface area (Å²) in [7, 11) is -9.92. The molecule has 5 atom stereocenters. The number of esters is 4. The van der Waals surface area contributed by atoms with E-state index in [-0.39, 0.29) is 25.7 Å². The summed E-state index contributed by atoms with van der Waals surface area (Å²) in [5.41, 5.74) is 0. The van der Waals surface area contributed by atoms with Crippen LogP contribution in [-0.4, -0.2) is 96.7 Å². The molecule has 0 aromatic heterocycles. The lowest BCUT2D eigenvalue weighted by Crippen LogP contribution is -2.30. The standard InChI is InChI=1S/C81H158O17P2/c1-8-9-10-11-12-13-14-15-16-17-18-19-20-21-22-25-29-34-43-50-57-64-80(85)97-76(68-91-78(83)62-55-48-41-33-28-26-23-24-27-31-38-45-52-59-72(2)3)70-95-99(87,88)93-66-75(82)67-94-100(89,90)96-71-77(69-92-79(84)63-56-49-42-37-36-40-47-54-61-74(6)7)98-81(86)65-58-51-44-35-30-32-39-46-53-60-73(4)5/h72-77,82H,8-71H2,1-7H3,(H,87,88)(H,89,90)/t75-,76-,77-/m1/s1. The Morgan fingerprint density at radius 1 is 0.270 bits per heavy atom. The maximum absolute atomic E-state index is 13.1. The van der Waals surface area contributed by atoms with Crippen molar-refractivity contribution in [1.29, 1.82) is 0 Å². The molecule has 0 amide bonds. The lowest BCUT2D eigenvalue weighted by Gasteiger charge is -2.21. The second kappa shape index (κ2) is 71.3. The van der Waals surface area contributed by atoms with Crippen molar-refractivity contribution in [3.8, 4) is 0 Å². The van der Waals surface area contributed by atoms with Crippen LogP contribution in [-0.2, 0) is 65.4 Å². The van der Waals surface area contributed by atoms with E-state index >= 15 is 0 Å². The molecule has 0 rings (SSSR count). The first-order valence-electron chi connectivity index (χ1n) is 41.8. The number of unbranched alkanes of at least 4 members (excludes halogenated alkanes) is 47. The number of phosphoric acid groups is 2. The van der Waals surface area contributed by atoms with Crippen molar-refractivity contribution in [2.24, 2.45) is 17.8 Å². The Morgan fingerprint density at radius 2 is 0.460 bits per heavy atom. The zero-order chi connectivity index (χ0) is 73.7. The smallest absolute Gasteiger partial charge is 0.462 e. The number of hydrogen-bond acceptors (Lipinski definition) is 15. The third-order valence-corrected chi connectivity index (χ3v) is 20.8. The number of hydrogen-bond donors (Lipinski definition) is 3. The normalized spacial score (nSPS) is 14.0. The molecule has 0 saturated carbocycles. The molecule has 2 unspecified atom stereocenters. The van der Waals surface area contributed by atoms with Crippen LogP contribution >= 0.6 is 15.6 Å². The number of ether oxygens (including phenoxy) is 4. The molecule has 0 aromatic rings. The van der Waals surface area contributed by atoms with Crippen LogP contribution in [0.4, 0.5) is 0 Å². The first kappa shape index (κ1) is 98.1. The molecule has 0 aliphatic heterocycles. The van der Waals surface area contributed by atoms with Gasteiger partial charge in [-0.05, 0) is 43.4 Å². The van der Waals surface area contributed by atoms with E-state index < -0.39 is 97.5 Å². The van der Waals surface area contributed by atoms with Crippen molar-refractivity contribution < 1.29 is 80.2 Å². The number of carbonyl (C=O) groups excluding carboxylic acids is 4. The van der Waals surface area contributed by atoms with Crippen molar-refractivity contribution in [1.82, 2.24) is 0 Å². The lowest BCUT2D eigenvalue weighted by atomic mass is 10.0. The molecule has 0 radical (unpaired) electrons.